The molecule has 2 aromatic carbocycles. The van der Waals surface area contributed by atoms with Gasteiger partial charge in [-0.2, -0.15) is 0 Å². The van der Waals surface area contributed by atoms with Crippen LogP contribution in [0.25, 0.3) is 0 Å². The van der Waals surface area contributed by atoms with Crippen LogP contribution in [0.1, 0.15) is 16.7 Å². The molecule has 0 atom stereocenters. The van der Waals surface area contributed by atoms with E-state index in [0.717, 1.165) is 48.8 Å². The first kappa shape index (κ1) is 20.4. The highest BCUT2D eigenvalue weighted by molar-refractivity contribution is 5.90. The summed E-state index contributed by atoms with van der Waals surface area (Å²) in [4.78, 5) is 14.6. The summed E-state index contributed by atoms with van der Waals surface area (Å²) in [5.41, 5.74) is 4.29. The minimum atomic E-state index is -0.335. The van der Waals surface area contributed by atoms with Gasteiger partial charge in [0.1, 0.15) is 11.6 Å². The molecular formula is C22H26FN3O4. The number of halogens is 1. The lowest BCUT2D eigenvalue weighted by Gasteiger charge is -2.29. The Morgan fingerprint density at radius 3 is 2.80 bits per heavy atom. The molecule has 1 fully saturated rings. The van der Waals surface area contributed by atoms with Gasteiger partial charge in [-0.25, -0.2) is 9.18 Å². The topological polar surface area (TPSA) is 72.1 Å². The molecule has 2 aliphatic rings. The van der Waals surface area contributed by atoms with E-state index in [0.29, 0.717) is 30.9 Å². The minimum absolute atomic E-state index is 0.152. The summed E-state index contributed by atoms with van der Waals surface area (Å²) in [7, 11) is 0. The molecule has 0 aromatic heterocycles. The summed E-state index contributed by atoms with van der Waals surface area (Å²) >= 11 is 0. The molecule has 160 valence electrons. The maximum Gasteiger partial charge on any atom is 0.319 e. The molecule has 2 N–H and O–H groups in total. The monoisotopic (exact) mass is 415 g/mol. The summed E-state index contributed by atoms with van der Waals surface area (Å²) in [6.45, 7) is 6.00. The van der Waals surface area contributed by atoms with Gasteiger partial charge >= 0.3 is 6.03 Å². The fraction of sp³-hybridized carbons (Fsp3) is 0.409. The Balaban J connectivity index is 1.32. The quantitative estimate of drug-likeness (QED) is 0.785. The molecule has 4 rings (SSSR count). The molecule has 1 saturated heterocycles. The summed E-state index contributed by atoms with van der Waals surface area (Å²) in [6, 6.07) is 8.55. The number of rotatable bonds is 5. The Kier molecular flexibility index (Phi) is 6.35. The number of benzene rings is 2. The number of ether oxygens (including phenoxy) is 3. The van der Waals surface area contributed by atoms with Crippen molar-refractivity contribution in [2.75, 3.05) is 49.9 Å². The number of anilines is 2. The second-order valence-corrected chi connectivity index (χ2v) is 7.39. The van der Waals surface area contributed by atoms with Crippen LogP contribution in [0.15, 0.2) is 30.3 Å². The highest BCUT2D eigenvalue weighted by Crippen LogP contribution is 2.29. The molecule has 2 aromatic rings. The van der Waals surface area contributed by atoms with Gasteiger partial charge in [-0.15, -0.1) is 0 Å². The van der Waals surface area contributed by atoms with Gasteiger partial charge in [-0.1, -0.05) is 0 Å². The number of nitrogens with one attached hydrogen (secondary N) is 2. The number of carbonyl (C=O) groups excluding carboxylic acids is 1. The lowest BCUT2D eigenvalue weighted by molar-refractivity contribution is -0.0172. The maximum absolute atomic E-state index is 13.8. The summed E-state index contributed by atoms with van der Waals surface area (Å²) in [6.07, 6.45) is 0.461. The molecule has 7 nitrogen and oxygen atoms in total. The third-order valence-electron chi connectivity index (χ3n) is 5.27. The summed E-state index contributed by atoms with van der Waals surface area (Å²) in [5.74, 6) is 0.317. The van der Waals surface area contributed by atoms with Crippen molar-refractivity contribution < 1.29 is 23.4 Å². The molecule has 0 bridgehead atoms. The number of hydrogen-bond acceptors (Lipinski definition) is 5. The van der Waals surface area contributed by atoms with Gasteiger partial charge < -0.3 is 29.7 Å². The second kappa shape index (κ2) is 9.32. The number of hydrogen-bond donors (Lipinski definition) is 2. The van der Waals surface area contributed by atoms with Gasteiger partial charge in [0.15, 0.2) is 6.79 Å². The Morgan fingerprint density at radius 2 is 2.00 bits per heavy atom. The van der Waals surface area contributed by atoms with Crippen molar-refractivity contribution in [2.45, 2.75) is 20.0 Å². The summed E-state index contributed by atoms with van der Waals surface area (Å²) < 4.78 is 29.9. The second-order valence-electron chi connectivity index (χ2n) is 7.39. The third-order valence-corrected chi connectivity index (χ3v) is 5.27. The van der Waals surface area contributed by atoms with Crippen LogP contribution < -0.4 is 20.3 Å². The van der Waals surface area contributed by atoms with E-state index >= 15 is 0 Å². The molecule has 2 aliphatic heterocycles. The molecule has 8 heteroatoms. The van der Waals surface area contributed by atoms with E-state index in [4.69, 9.17) is 14.2 Å². The average Bonchev–Trinajstić information content (AvgIpc) is 2.75. The SMILES string of the molecule is Cc1cc(N2CCOCC2)ccc1NC(=O)NCCc1cc(F)cc2c1OCOC2. The van der Waals surface area contributed by atoms with Gasteiger partial charge in [0.25, 0.3) is 0 Å². The Morgan fingerprint density at radius 1 is 1.17 bits per heavy atom. The number of carbonyl (C=O) groups is 1. The number of nitrogens with zero attached hydrogens (tertiary/aromatic N) is 1. The Labute approximate surface area is 175 Å². The lowest BCUT2D eigenvalue weighted by atomic mass is 10.1. The average molecular weight is 415 g/mol. The lowest BCUT2D eigenvalue weighted by Crippen LogP contribution is -2.36. The predicted octanol–water partition coefficient (Wildman–Crippen LogP) is 3.20. The smallest absolute Gasteiger partial charge is 0.319 e. The molecule has 0 spiro atoms. The fourth-order valence-electron chi connectivity index (χ4n) is 3.73. The van der Waals surface area contributed by atoms with Gasteiger partial charge in [0.05, 0.1) is 19.8 Å². The number of urea groups is 1. The molecule has 0 aliphatic carbocycles. The first-order chi connectivity index (χ1) is 14.6. The van der Waals surface area contributed by atoms with E-state index in [9.17, 15) is 9.18 Å². The van der Waals surface area contributed by atoms with Crippen molar-refractivity contribution in [2.24, 2.45) is 0 Å². The third kappa shape index (κ3) is 4.83. The van der Waals surface area contributed by atoms with Crippen molar-refractivity contribution >= 4 is 17.4 Å². The first-order valence-electron chi connectivity index (χ1n) is 10.1. The summed E-state index contributed by atoms with van der Waals surface area (Å²) in [5, 5.41) is 5.71. The van der Waals surface area contributed by atoms with E-state index in [1.54, 1.807) is 0 Å². The highest BCUT2D eigenvalue weighted by Gasteiger charge is 2.17. The maximum atomic E-state index is 13.8. The zero-order chi connectivity index (χ0) is 20.9. The predicted molar refractivity (Wildman–Crippen MR) is 112 cm³/mol. The molecule has 30 heavy (non-hydrogen) atoms. The first-order valence-corrected chi connectivity index (χ1v) is 10.1. The normalized spacial score (nSPS) is 15.9. The van der Waals surface area contributed by atoms with Gasteiger partial charge in [-0.05, 0) is 54.8 Å². The van der Waals surface area contributed by atoms with Crippen molar-refractivity contribution in [3.63, 3.8) is 0 Å². The van der Waals surface area contributed by atoms with E-state index in [1.807, 2.05) is 19.1 Å². The fourth-order valence-corrected chi connectivity index (χ4v) is 3.73. The van der Waals surface area contributed by atoms with E-state index in [1.165, 1.54) is 12.1 Å². The number of aryl methyl sites for hydroxylation is 1. The van der Waals surface area contributed by atoms with Crippen LogP contribution in [0.4, 0.5) is 20.6 Å². The van der Waals surface area contributed by atoms with Crippen molar-refractivity contribution in [3.05, 3.63) is 52.8 Å². The molecule has 0 saturated carbocycles. The standard InChI is InChI=1S/C22H26FN3O4/c1-15-10-19(26-6-8-28-9-7-26)2-3-20(15)25-22(27)24-5-4-16-11-18(23)12-17-13-29-14-30-21(16)17/h2-3,10-12H,4-9,13-14H2,1H3,(H2,24,25,27). The van der Waals surface area contributed by atoms with Crippen LogP contribution in [0.3, 0.4) is 0 Å². The van der Waals surface area contributed by atoms with Gasteiger partial charge in [-0.3, -0.25) is 0 Å². The molecule has 2 amide bonds. The number of fused-ring (bicyclic) bond motifs is 1. The van der Waals surface area contributed by atoms with E-state index in [-0.39, 0.29) is 18.6 Å². The molecule has 0 radical (unpaired) electrons. The van der Waals surface area contributed by atoms with Crippen LogP contribution in [-0.2, 0) is 22.5 Å². The Bertz CT molecular complexity index is 915. The van der Waals surface area contributed by atoms with Gasteiger partial charge in [0, 0.05) is 36.6 Å². The van der Waals surface area contributed by atoms with E-state index in [2.05, 4.69) is 21.6 Å². The largest absolute Gasteiger partial charge is 0.467 e. The van der Waals surface area contributed by atoms with Crippen LogP contribution >= 0.6 is 0 Å². The Hall–Kier alpha value is -2.84. The molecule has 0 unspecified atom stereocenters. The van der Waals surface area contributed by atoms with Crippen LogP contribution in [0.2, 0.25) is 0 Å². The van der Waals surface area contributed by atoms with Crippen molar-refractivity contribution in [3.8, 4) is 5.75 Å². The zero-order valence-corrected chi connectivity index (χ0v) is 17.0. The van der Waals surface area contributed by atoms with Crippen LogP contribution in [0.5, 0.6) is 5.75 Å². The number of morpholine rings is 1. The number of amides is 2. The van der Waals surface area contributed by atoms with Crippen LogP contribution in [-0.4, -0.2) is 45.7 Å². The van der Waals surface area contributed by atoms with Crippen molar-refractivity contribution in [1.29, 1.82) is 0 Å². The van der Waals surface area contributed by atoms with Crippen LogP contribution in [0, 0.1) is 12.7 Å². The molecule has 2 heterocycles. The minimum Gasteiger partial charge on any atom is -0.467 e. The van der Waals surface area contributed by atoms with E-state index < -0.39 is 0 Å². The highest BCUT2D eigenvalue weighted by atomic mass is 19.1. The van der Waals surface area contributed by atoms with Crippen molar-refractivity contribution in [1.82, 2.24) is 5.32 Å². The van der Waals surface area contributed by atoms with Gasteiger partial charge in [0.2, 0.25) is 0 Å². The molecular weight excluding hydrogens is 389 g/mol. The zero-order valence-electron chi connectivity index (χ0n) is 17.0.